The number of hydrogen-bond donors (Lipinski definition) is 0. The Hall–Kier alpha value is -1.51. The van der Waals surface area contributed by atoms with E-state index in [0.717, 1.165) is 16.7 Å². The van der Waals surface area contributed by atoms with Gasteiger partial charge in [0.2, 0.25) is 0 Å². The van der Waals surface area contributed by atoms with Crippen LogP contribution < -0.4 is 0 Å². The Balaban J connectivity index is 2.63. The molecule has 0 aliphatic carbocycles. The van der Waals surface area contributed by atoms with Crippen molar-refractivity contribution in [3.05, 3.63) is 30.4 Å². The van der Waals surface area contributed by atoms with Gasteiger partial charge < -0.3 is 0 Å². The molecule has 0 saturated heterocycles. The van der Waals surface area contributed by atoms with Crippen LogP contribution in [-0.4, -0.2) is 15.0 Å². The first-order valence-electron chi connectivity index (χ1n) is 4.64. The summed E-state index contributed by atoms with van der Waals surface area (Å²) in [5.74, 6) is 0. The molecule has 0 saturated carbocycles. The van der Waals surface area contributed by atoms with Crippen LogP contribution in [0.4, 0.5) is 0 Å². The Kier molecular flexibility index (Phi) is 1.95. The third-order valence-electron chi connectivity index (χ3n) is 2.11. The summed E-state index contributed by atoms with van der Waals surface area (Å²) in [6.45, 7) is 6.39. The normalized spacial score (nSPS) is 11.9. The second-order valence-electron chi connectivity index (χ2n) is 4.37. The standard InChI is InChI=1S/C11H13N3/c1-11(2,3)10-7-13-9-6-12-5-4-8(9)14-10/h4-7H,1-3H3. The molecule has 3 nitrogen and oxygen atoms in total. The van der Waals surface area contributed by atoms with Crippen molar-refractivity contribution in [2.75, 3.05) is 0 Å². The fraction of sp³-hybridized carbons (Fsp3) is 0.364. The zero-order valence-corrected chi connectivity index (χ0v) is 8.65. The minimum absolute atomic E-state index is 0.0461. The molecule has 0 radical (unpaired) electrons. The molecule has 0 fully saturated rings. The van der Waals surface area contributed by atoms with Crippen molar-refractivity contribution < 1.29 is 0 Å². The van der Waals surface area contributed by atoms with Crippen LogP contribution in [0.1, 0.15) is 26.5 Å². The Morgan fingerprint density at radius 3 is 2.57 bits per heavy atom. The van der Waals surface area contributed by atoms with Crippen molar-refractivity contribution in [3.63, 3.8) is 0 Å². The monoisotopic (exact) mass is 187 g/mol. The van der Waals surface area contributed by atoms with E-state index in [4.69, 9.17) is 0 Å². The quantitative estimate of drug-likeness (QED) is 0.635. The molecule has 2 rings (SSSR count). The molecular formula is C11H13N3. The third-order valence-corrected chi connectivity index (χ3v) is 2.11. The van der Waals surface area contributed by atoms with Crippen LogP contribution in [-0.2, 0) is 5.41 Å². The zero-order chi connectivity index (χ0) is 10.2. The van der Waals surface area contributed by atoms with Crippen molar-refractivity contribution >= 4 is 11.0 Å². The first-order chi connectivity index (χ1) is 6.57. The van der Waals surface area contributed by atoms with Crippen molar-refractivity contribution in [2.24, 2.45) is 0 Å². The van der Waals surface area contributed by atoms with Crippen molar-refractivity contribution in [1.29, 1.82) is 0 Å². The third kappa shape index (κ3) is 1.58. The van der Waals surface area contributed by atoms with E-state index >= 15 is 0 Å². The number of pyridine rings is 1. The molecule has 0 amide bonds. The van der Waals surface area contributed by atoms with E-state index in [1.807, 2.05) is 12.3 Å². The molecule has 14 heavy (non-hydrogen) atoms. The SMILES string of the molecule is CC(C)(C)c1cnc2cnccc2n1. The number of hydrogen-bond acceptors (Lipinski definition) is 3. The fourth-order valence-corrected chi connectivity index (χ4v) is 1.22. The summed E-state index contributed by atoms with van der Waals surface area (Å²) in [4.78, 5) is 12.9. The predicted molar refractivity (Wildman–Crippen MR) is 56.0 cm³/mol. The van der Waals surface area contributed by atoms with Crippen LogP contribution in [0, 0.1) is 0 Å². The number of rotatable bonds is 0. The lowest BCUT2D eigenvalue weighted by Gasteiger charge is -2.16. The minimum atomic E-state index is 0.0461. The van der Waals surface area contributed by atoms with E-state index in [2.05, 4.69) is 35.7 Å². The van der Waals surface area contributed by atoms with Gasteiger partial charge in [-0.15, -0.1) is 0 Å². The van der Waals surface area contributed by atoms with E-state index < -0.39 is 0 Å². The van der Waals surface area contributed by atoms with Crippen LogP contribution in [0.5, 0.6) is 0 Å². The Labute approximate surface area is 83.2 Å². The molecule has 0 aliphatic rings. The number of fused-ring (bicyclic) bond motifs is 1. The molecule has 2 aromatic heterocycles. The van der Waals surface area contributed by atoms with Crippen LogP contribution in [0.25, 0.3) is 11.0 Å². The molecule has 0 unspecified atom stereocenters. The lowest BCUT2D eigenvalue weighted by Crippen LogP contribution is -2.13. The Bertz CT molecular complexity index is 457. The maximum atomic E-state index is 4.54. The summed E-state index contributed by atoms with van der Waals surface area (Å²) in [5, 5.41) is 0. The average molecular weight is 187 g/mol. The van der Waals surface area contributed by atoms with Gasteiger partial charge in [0.1, 0.15) is 5.52 Å². The molecule has 0 aliphatic heterocycles. The van der Waals surface area contributed by atoms with Crippen LogP contribution in [0.15, 0.2) is 24.7 Å². The van der Waals surface area contributed by atoms with Gasteiger partial charge in [-0.3, -0.25) is 9.97 Å². The van der Waals surface area contributed by atoms with Crippen LogP contribution in [0.3, 0.4) is 0 Å². The van der Waals surface area contributed by atoms with Gasteiger partial charge in [0, 0.05) is 17.8 Å². The molecule has 72 valence electrons. The van der Waals surface area contributed by atoms with Crippen molar-refractivity contribution in [2.45, 2.75) is 26.2 Å². The average Bonchev–Trinajstić information content (AvgIpc) is 2.16. The fourth-order valence-electron chi connectivity index (χ4n) is 1.22. The van der Waals surface area contributed by atoms with E-state index in [9.17, 15) is 0 Å². The molecule has 3 heteroatoms. The highest BCUT2D eigenvalue weighted by Gasteiger charge is 2.15. The maximum Gasteiger partial charge on any atom is 0.107 e. The van der Waals surface area contributed by atoms with Gasteiger partial charge >= 0.3 is 0 Å². The van der Waals surface area contributed by atoms with E-state index in [0.29, 0.717) is 0 Å². The van der Waals surface area contributed by atoms with Crippen LogP contribution in [0.2, 0.25) is 0 Å². The van der Waals surface area contributed by atoms with E-state index in [-0.39, 0.29) is 5.41 Å². The van der Waals surface area contributed by atoms with Gasteiger partial charge in [-0.25, -0.2) is 4.98 Å². The lowest BCUT2D eigenvalue weighted by atomic mass is 9.93. The molecule has 0 aromatic carbocycles. The molecule has 2 aromatic rings. The largest absolute Gasteiger partial charge is 0.262 e. The van der Waals surface area contributed by atoms with Gasteiger partial charge in [-0.1, -0.05) is 20.8 Å². The van der Waals surface area contributed by atoms with Crippen LogP contribution >= 0.6 is 0 Å². The molecule has 0 N–H and O–H groups in total. The second-order valence-corrected chi connectivity index (χ2v) is 4.37. The van der Waals surface area contributed by atoms with Gasteiger partial charge in [0.15, 0.2) is 0 Å². The van der Waals surface area contributed by atoms with E-state index in [1.54, 1.807) is 12.4 Å². The zero-order valence-electron chi connectivity index (χ0n) is 8.65. The summed E-state index contributed by atoms with van der Waals surface area (Å²) in [5.41, 5.74) is 2.81. The topological polar surface area (TPSA) is 38.7 Å². The highest BCUT2D eigenvalue weighted by Crippen LogP contribution is 2.20. The van der Waals surface area contributed by atoms with Gasteiger partial charge in [-0.05, 0) is 6.07 Å². The smallest absolute Gasteiger partial charge is 0.107 e. The summed E-state index contributed by atoms with van der Waals surface area (Å²) < 4.78 is 0. The maximum absolute atomic E-state index is 4.54. The Morgan fingerprint density at radius 2 is 1.86 bits per heavy atom. The summed E-state index contributed by atoms with van der Waals surface area (Å²) in [6.07, 6.45) is 5.29. The lowest BCUT2D eigenvalue weighted by molar-refractivity contribution is 0.568. The van der Waals surface area contributed by atoms with Crippen molar-refractivity contribution in [1.82, 2.24) is 15.0 Å². The second kappa shape index (κ2) is 3.01. The summed E-state index contributed by atoms with van der Waals surface area (Å²) >= 11 is 0. The molecule has 0 atom stereocenters. The van der Waals surface area contributed by atoms with Crippen molar-refractivity contribution in [3.8, 4) is 0 Å². The minimum Gasteiger partial charge on any atom is -0.262 e. The first-order valence-corrected chi connectivity index (χ1v) is 4.64. The summed E-state index contributed by atoms with van der Waals surface area (Å²) in [6, 6.07) is 1.89. The van der Waals surface area contributed by atoms with E-state index in [1.165, 1.54) is 0 Å². The summed E-state index contributed by atoms with van der Waals surface area (Å²) in [7, 11) is 0. The predicted octanol–water partition coefficient (Wildman–Crippen LogP) is 2.32. The molecule has 2 heterocycles. The van der Waals surface area contributed by atoms with Gasteiger partial charge in [0.25, 0.3) is 0 Å². The van der Waals surface area contributed by atoms with Gasteiger partial charge in [0.05, 0.1) is 17.4 Å². The highest BCUT2D eigenvalue weighted by molar-refractivity contribution is 5.72. The number of nitrogens with zero attached hydrogens (tertiary/aromatic N) is 3. The Morgan fingerprint density at radius 1 is 1.07 bits per heavy atom. The van der Waals surface area contributed by atoms with Gasteiger partial charge in [-0.2, -0.15) is 0 Å². The number of aromatic nitrogens is 3. The highest BCUT2D eigenvalue weighted by atomic mass is 14.8. The first kappa shape index (κ1) is 9.06. The molecular weight excluding hydrogens is 174 g/mol. The molecule has 0 bridgehead atoms. The molecule has 0 spiro atoms.